The number of carbonyl (C=O) groups excluding carboxylic acids is 1. The number of para-hydroxylation sites is 1. The van der Waals surface area contributed by atoms with E-state index in [1.165, 1.54) is 0 Å². The van der Waals surface area contributed by atoms with E-state index < -0.39 is 0 Å². The molecule has 0 saturated heterocycles. The highest BCUT2D eigenvalue weighted by molar-refractivity contribution is 9.10. The number of hydrogen-bond donors (Lipinski definition) is 2. The molecule has 0 spiro atoms. The van der Waals surface area contributed by atoms with Gasteiger partial charge in [0, 0.05) is 18.2 Å². The Balaban J connectivity index is 1.84. The summed E-state index contributed by atoms with van der Waals surface area (Å²) in [7, 11) is 3.25. The van der Waals surface area contributed by atoms with Gasteiger partial charge in [0.15, 0.2) is 0 Å². The average Bonchev–Trinajstić information content (AvgIpc) is 2.64. The van der Waals surface area contributed by atoms with Gasteiger partial charge in [-0.15, -0.1) is 0 Å². The van der Waals surface area contributed by atoms with Gasteiger partial charge < -0.3 is 20.1 Å². The number of ether oxygens (including phenoxy) is 2. The molecule has 2 rings (SSSR count). The average molecular weight is 407 g/mol. The third-order valence-electron chi connectivity index (χ3n) is 3.91. The Bertz CT molecular complexity index is 722. The van der Waals surface area contributed by atoms with Crippen LogP contribution in [0.15, 0.2) is 46.9 Å². The van der Waals surface area contributed by atoms with Gasteiger partial charge in [-0.1, -0.05) is 24.3 Å². The van der Waals surface area contributed by atoms with Crippen molar-refractivity contribution in [3.05, 3.63) is 58.1 Å². The Morgan fingerprint density at radius 3 is 2.52 bits per heavy atom. The lowest BCUT2D eigenvalue weighted by Crippen LogP contribution is -2.34. The van der Waals surface area contributed by atoms with Crippen molar-refractivity contribution in [2.45, 2.75) is 19.5 Å². The van der Waals surface area contributed by atoms with Gasteiger partial charge >= 0.3 is 0 Å². The van der Waals surface area contributed by atoms with E-state index in [0.29, 0.717) is 6.54 Å². The molecular formula is C19H23BrN2O3. The lowest BCUT2D eigenvalue weighted by molar-refractivity contribution is -0.120. The zero-order valence-corrected chi connectivity index (χ0v) is 16.2. The monoisotopic (exact) mass is 406 g/mol. The molecule has 6 heteroatoms. The smallest absolute Gasteiger partial charge is 0.234 e. The van der Waals surface area contributed by atoms with E-state index in [0.717, 1.165) is 27.1 Å². The Hall–Kier alpha value is -2.05. The first kappa shape index (κ1) is 19.3. The van der Waals surface area contributed by atoms with Crippen molar-refractivity contribution in [2.75, 3.05) is 20.8 Å². The topological polar surface area (TPSA) is 59.6 Å². The van der Waals surface area contributed by atoms with Gasteiger partial charge in [-0.3, -0.25) is 4.79 Å². The number of methoxy groups -OCH3 is 2. The highest BCUT2D eigenvalue weighted by Gasteiger charge is 2.10. The lowest BCUT2D eigenvalue weighted by atomic mass is 10.1. The molecule has 0 saturated carbocycles. The summed E-state index contributed by atoms with van der Waals surface area (Å²) >= 11 is 3.48. The first-order chi connectivity index (χ1) is 12.0. The molecule has 0 aromatic heterocycles. The maximum Gasteiger partial charge on any atom is 0.234 e. The lowest BCUT2D eigenvalue weighted by Gasteiger charge is -2.16. The Morgan fingerprint density at radius 2 is 1.84 bits per heavy atom. The van der Waals surface area contributed by atoms with Gasteiger partial charge in [-0.05, 0) is 46.6 Å². The molecular weight excluding hydrogens is 384 g/mol. The molecule has 2 aromatic rings. The Morgan fingerprint density at radius 1 is 1.12 bits per heavy atom. The normalized spacial score (nSPS) is 11.7. The van der Waals surface area contributed by atoms with Crippen molar-refractivity contribution >= 4 is 21.8 Å². The van der Waals surface area contributed by atoms with Gasteiger partial charge in [0.25, 0.3) is 0 Å². The van der Waals surface area contributed by atoms with Crippen LogP contribution in [0.3, 0.4) is 0 Å². The largest absolute Gasteiger partial charge is 0.496 e. The zero-order valence-electron chi connectivity index (χ0n) is 14.6. The molecule has 0 unspecified atom stereocenters. The summed E-state index contributed by atoms with van der Waals surface area (Å²) in [5.74, 6) is 1.49. The number of hydrogen-bond acceptors (Lipinski definition) is 4. The first-order valence-electron chi connectivity index (χ1n) is 8.00. The molecule has 134 valence electrons. The molecule has 1 atom stereocenters. The second-order valence-corrected chi connectivity index (χ2v) is 6.44. The van der Waals surface area contributed by atoms with E-state index in [1.54, 1.807) is 14.2 Å². The molecule has 0 heterocycles. The fourth-order valence-corrected chi connectivity index (χ4v) is 2.98. The number of amides is 1. The van der Waals surface area contributed by atoms with Crippen LogP contribution in [0.25, 0.3) is 0 Å². The van der Waals surface area contributed by atoms with Crippen LogP contribution in [-0.4, -0.2) is 26.7 Å². The van der Waals surface area contributed by atoms with Gasteiger partial charge in [-0.2, -0.15) is 0 Å². The fraction of sp³-hybridized carbons (Fsp3) is 0.316. The molecule has 0 radical (unpaired) electrons. The minimum Gasteiger partial charge on any atom is -0.496 e. The van der Waals surface area contributed by atoms with Crippen LogP contribution in [-0.2, 0) is 11.3 Å². The van der Waals surface area contributed by atoms with E-state index in [2.05, 4.69) is 26.6 Å². The maximum absolute atomic E-state index is 12.1. The number of nitrogens with one attached hydrogen (secondary N) is 2. The zero-order chi connectivity index (χ0) is 18.2. The Labute approximate surface area is 156 Å². The third kappa shape index (κ3) is 5.47. The van der Waals surface area contributed by atoms with Crippen molar-refractivity contribution < 1.29 is 14.3 Å². The van der Waals surface area contributed by atoms with E-state index in [-0.39, 0.29) is 18.5 Å². The third-order valence-corrected chi connectivity index (χ3v) is 4.53. The van der Waals surface area contributed by atoms with Crippen molar-refractivity contribution in [1.82, 2.24) is 10.6 Å². The maximum atomic E-state index is 12.1. The minimum atomic E-state index is -0.0645. The molecule has 25 heavy (non-hydrogen) atoms. The summed E-state index contributed by atoms with van der Waals surface area (Å²) in [5, 5.41) is 6.12. The van der Waals surface area contributed by atoms with Gasteiger partial charge in [0.05, 0.1) is 25.2 Å². The van der Waals surface area contributed by atoms with E-state index in [9.17, 15) is 4.79 Å². The fourth-order valence-electron chi connectivity index (χ4n) is 2.42. The number of halogens is 1. The quantitative estimate of drug-likeness (QED) is 0.704. The highest BCUT2D eigenvalue weighted by Crippen LogP contribution is 2.27. The molecule has 2 N–H and O–H groups in total. The predicted octanol–water partition coefficient (Wildman–Crippen LogP) is 3.43. The molecule has 0 bridgehead atoms. The first-order valence-corrected chi connectivity index (χ1v) is 8.80. The summed E-state index contributed by atoms with van der Waals surface area (Å²) in [5.41, 5.74) is 2.02. The van der Waals surface area contributed by atoms with Crippen molar-refractivity contribution in [3.8, 4) is 11.5 Å². The molecule has 2 aromatic carbocycles. The van der Waals surface area contributed by atoms with E-state index in [1.807, 2.05) is 49.4 Å². The van der Waals surface area contributed by atoms with Crippen LogP contribution in [0.2, 0.25) is 0 Å². The summed E-state index contributed by atoms with van der Waals surface area (Å²) in [6, 6.07) is 13.6. The molecule has 1 amide bonds. The van der Waals surface area contributed by atoms with Gasteiger partial charge in [-0.25, -0.2) is 0 Å². The molecule has 0 aliphatic rings. The number of carbonyl (C=O) groups is 1. The van der Waals surface area contributed by atoms with Crippen LogP contribution in [0, 0.1) is 0 Å². The van der Waals surface area contributed by atoms with E-state index >= 15 is 0 Å². The molecule has 5 nitrogen and oxygen atoms in total. The van der Waals surface area contributed by atoms with E-state index in [4.69, 9.17) is 9.47 Å². The standard InChI is InChI=1S/C19H23BrN2O3/c1-13(14-8-9-18(25-3)16(20)10-14)21-12-19(23)22-11-15-6-4-5-7-17(15)24-2/h4-10,13,21H,11-12H2,1-3H3,(H,22,23)/t13-/m1/s1. The molecule has 0 aliphatic heterocycles. The van der Waals surface area contributed by atoms with Crippen molar-refractivity contribution in [2.24, 2.45) is 0 Å². The predicted molar refractivity (Wildman–Crippen MR) is 102 cm³/mol. The van der Waals surface area contributed by atoms with Crippen LogP contribution in [0.5, 0.6) is 11.5 Å². The summed E-state index contributed by atoms with van der Waals surface area (Å²) < 4.78 is 11.4. The summed E-state index contributed by atoms with van der Waals surface area (Å²) in [6.45, 7) is 2.69. The second-order valence-electron chi connectivity index (χ2n) is 5.59. The summed E-state index contributed by atoms with van der Waals surface area (Å²) in [6.07, 6.45) is 0. The number of rotatable bonds is 8. The highest BCUT2D eigenvalue weighted by atomic mass is 79.9. The van der Waals surface area contributed by atoms with Crippen LogP contribution in [0.4, 0.5) is 0 Å². The summed E-state index contributed by atoms with van der Waals surface area (Å²) in [4.78, 5) is 12.1. The van der Waals surface area contributed by atoms with Crippen LogP contribution >= 0.6 is 15.9 Å². The Kier molecular flexibility index (Phi) is 7.28. The minimum absolute atomic E-state index is 0.0409. The van der Waals surface area contributed by atoms with Gasteiger partial charge in [0.1, 0.15) is 11.5 Å². The van der Waals surface area contributed by atoms with Crippen molar-refractivity contribution in [1.29, 1.82) is 0 Å². The molecule has 0 aliphatic carbocycles. The second kappa shape index (κ2) is 9.44. The SMILES string of the molecule is COc1ccc([C@@H](C)NCC(=O)NCc2ccccc2OC)cc1Br. The van der Waals surface area contributed by atoms with Crippen LogP contribution in [0.1, 0.15) is 24.1 Å². The van der Waals surface area contributed by atoms with Crippen molar-refractivity contribution in [3.63, 3.8) is 0 Å². The van der Waals surface area contributed by atoms with Crippen LogP contribution < -0.4 is 20.1 Å². The van der Waals surface area contributed by atoms with Gasteiger partial charge in [0.2, 0.25) is 5.91 Å². The molecule has 0 fully saturated rings. The number of benzene rings is 2.